The molecule has 0 radical (unpaired) electrons. The molecule has 1 aliphatic heterocycles. The molecular formula is C13H21ClN2O2S. The highest BCUT2D eigenvalue weighted by Gasteiger charge is 2.34. The van der Waals surface area contributed by atoms with Crippen LogP contribution in [0.2, 0.25) is 4.34 Å². The van der Waals surface area contributed by atoms with Gasteiger partial charge >= 0.3 is 0 Å². The Labute approximate surface area is 123 Å². The van der Waals surface area contributed by atoms with Gasteiger partial charge in [0.05, 0.1) is 29.7 Å². The number of aliphatic hydroxyl groups excluding tert-OH is 1. The average molecular weight is 305 g/mol. The molecule has 4 unspecified atom stereocenters. The lowest BCUT2D eigenvalue weighted by molar-refractivity contribution is -0.0936. The molecule has 0 spiro atoms. The minimum absolute atomic E-state index is 0.00499. The Morgan fingerprint density at radius 3 is 2.89 bits per heavy atom. The molecule has 1 aliphatic rings. The summed E-state index contributed by atoms with van der Waals surface area (Å²) in [6.07, 6.45) is -0.132. The zero-order chi connectivity index (χ0) is 14.0. The van der Waals surface area contributed by atoms with E-state index in [4.69, 9.17) is 22.1 Å². The van der Waals surface area contributed by atoms with E-state index in [9.17, 15) is 5.11 Å². The predicted molar refractivity (Wildman–Crippen MR) is 78.7 cm³/mol. The summed E-state index contributed by atoms with van der Waals surface area (Å²) in [6.45, 7) is 5.49. The van der Waals surface area contributed by atoms with Crippen LogP contribution in [-0.2, 0) is 4.74 Å². The van der Waals surface area contributed by atoms with Crippen molar-refractivity contribution >= 4 is 22.9 Å². The first kappa shape index (κ1) is 15.2. The second-order valence-corrected chi connectivity index (χ2v) is 6.88. The van der Waals surface area contributed by atoms with Crippen LogP contribution in [0.4, 0.5) is 0 Å². The van der Waals surface area contributed by atoms with Crippen molar-refractivity contribution in [3.8, 4) is 0 Å². The first-order valence-electron chi connectivity index (χ1n) is 6.52. The minimum atomic E-state index is -0.132. The Hall–Kier alpha value is -0.170. The summed E-state index contributed by atoms with van der Waals surface area (Å²) in [6, 6.07) is 4.34. The summed E-state index contributed by atoms with van der Waals surface area (Å²) in [5, 5.41) is 9.29. The lowest BCUT2D eigenvalue weighted by Crippen LogP contribution is -2.53. The van der Waals surface area contributed by atoms with Crippen LogP contribution in [0.5, 0.6) is 0 Å². The van der Waals surface area contributed by atoms with E-state index in [1.165, 1.54) is 4.88 Å². The lowest BCUT2D eigenvalue weighted by atomic mass is 10.0. The molecule has 0 aliphatic carbocycles. The van der Waals surface area contributed by atoms with Crippen LogP contribution in [0, 0.1) is 0 Å². The van der Waals surface area contributed by atoms with Gasteiger partial charge in [-0.25, -0.2) is 0 Å². The molecule has 2 rings (SSSR count). The SMILES string of the molecule is CC(N)C(c1ccc(Cl)s1)N1CC(CO)OCC1C. The van der Waals surface area contributed by atoms with Crippen LogP contribution < -0.4 is 5.73 Å². The van der Waals surface area contributed by atoms with Gasteiger partial charge in [-0.1, -0.05) is 11.6 Å². The van der Waals surface area contributed by atoms with Gasteiger partial charge in [-0.15, -0.1) is 11.3 Å². The fraction of sp³-hybridized carbons (Fsp3) is 0.692. The number of thiophene rings is 1. The molecule has 1 aromatic heterocycles. The van der Waals surface area contributed by atoms with Crippen molar-refractivity contribution in [2.24, 2.45) is 5.73 Å². The van der Waals surface area contributed by atoms with Crippen LogP contribution in [-0.4, -0.2) is 48.0 Å². The normalized spacial score (nSPS) is 28.3. The van der Waals surface area contributed by atoms with Crippen molar-refractivity contribution in [3.05, 3.63) is 21.3 Å². The summed E-state index contributed by atoms with van der Waals surface area (Å²) in [5.41, 5.74) is 6.18. The van der Waals surface area contributed by atoms with E-state index < -0.39 is 0 Å². The molecule has 2 heterocycles. The fourth-order valence-corrected chi connectivity index (χ4v) is 3.85. The van der Waals surface area contributed by atoms with Crippen molar-refractivity contribution < 1.29 is 9.84 Å². The standard InChI is InChI=1S/C13H21ClN2O2S/c1-8-7-18-10(6-17)5-16(8)13(9(2)15)11-3-4-12(14)19-11/h3-4,8-10,13,17H,5-7,15H2,1-2H3. The van der Waals surface area contributed by atoms with Gasteiger partial charge in [0.1, 0.15) is 0 Å². The summed E-state index contributed by atoms with van der Waals surface area (Å²) >= 11 is 7.60. The molecule has 1 saturated heterocycles. The van der Waals surface area contributed by atoms with Crippen LogP contribution in [0.1, 0.15) is 24.8 Å². The Balaban J connectivity index is 2.22. The van der Waals surface area contributed by atoms with E-state index in [1.54, 1.807) is 11.3 Å². The number of halogens is 1. The first-order chi connectivity index (χ1) is 9.02. The largest absolute Gasteiger partial charge is 0.394 e. The maximum Gasteiger partial charge on any atom is 0.0933 e. The Morgan fingerprint density at radius 1 is 1.63 bits per heavy atom. The van der Waals surface area contributed by atoms with E-state index in [1.807, 2.05) is 19.1 Å². The summed E-state index contributed by atoms with van der Waals surface area (Å²) in [7, 11) is 0. The van der Waals surface area contributed by atoms with Crippen LogP contribution in [0.3, 0.4) is 0 Å². The van der Waals surface area contributed by atoms with Crippen molar-refractivity contribution in [1.29, 1.82) is 0 Å². The van der Waals surface area contributed by atoms with Crippen molar-refractivity contribution in [2.45, 2.75) is 38.1 Å². The van der Waals surface area contributed by atoms with Gasteiger partial charge in [-0.2, -0.15) is 0 Å². The highest BCUT2D eigenvalue weighted by molar-refractivity contribution is 7.16. The van der Waals surface area contributed by atoms with Crippen LogP contribution in [0.15, 0.2) is 12.1 Å². The quantitative estimate of drug-likeness (QED) is 0.891. The fourth-order valence-electron chi connectivity index (χ4n) is 2.55. The van der Waals surface area contributed by atoms with Gasteiger partial charge in [0.25, 0.3) is 0 Å². The third-order valence-electron chi connectivity index (χ3n) is 3.50. The van der Waals surface area contributed by atoms with Gasteiger partial charge in [0, 0.05) is 23.5 Å². The zero-order valence-corrected chi connectivity index (χ0v) is 12.8. The number of morpholine rings is 1. The number of hydrogen-bond donors (Lipinski definition) is 2. The average Bonchev–Trinajstić information content (AvgIpc) is 2.78. The number of nitrogens with zero attached hydrogens (tertiary/aromatic N) is 1. The molecule has 1 aromatic rings. The molecule has 6 heteroatoms. The highest BCUT2D eigenvalue weighted by atomic mass is 35.5. The third kappa shape index (κ3) is 3.48. The molecule has 0 bridgehead atoms. The number of nitrogens with two attached hydrogens (primary N) is 1. The highest BCUT2D eigenvalue weighted by Crippen LogP contribution is 2.34. The molecule has 1 fully saturated rings. The van der Waals surface area contributed by atoms with Crippen molar-refractivity contribution in [1.82, 2.24) is 4.90 Å². The Kier molecular flexibility index (Phi) is 5.22. The van der Waals surface area contributed by atoms with E-state index in [2.05, 4.69) is 11.8 Å². The second-order valence-electron chi connectivity index (χ2n) is 5.13. The van der Waals surface area contributed by atoms with Crippen molar-refractivity contribution in [3.63, 3.8) is 0 Å². The molecule has 3 N–H and O–H groups in total. The van der Waals surface area contributed by atoms with Gasteiger partial charge in [0.15, 0.2) is 0 Å². The minimum Gasteiger partial charge on any atom is -0.394 e. The van der Waals surface area contributed by atoms with Gasteiger partial charge in [-0.3, -0.25) is 4.90 Å². The van der Waals surface area contributed by atoms with E-state index in [-0.39, 0.29) is 30.8 Å². The van der Waals surface area contributed by atoms with Gasteiger partial charge in [-0.05, 0) is 26.0 Å². The van der Waals surface area contributed by atoms with Crippen LogP contribution >= 0.6 is 22.9 Å². The Morgan fingerprint density at radius 2 is 2.37 bits per heavy atom. The second kappa shape index (κ2) is 6.52. The molecule has 0 saturated carbocycles. The topological polar surface area (TPSA) is 58.7 Å². The predicted octanol–water partition coefficient (Wildman–Crippen LogP) is 1.87. The molecular weight excluding hydrogens is 284 g/mol. The first-order valence-corrected chi connectivity index (χ1v) is 7.71. The summed E-state index contributed by atoms with van der Waals surface area (Å²) < 4.78 is 6.36. The summed E-state index contributed by atoms with van der Waals surface area (Å²) in [4.78, 5) is 3.49. The molecule has 19 heavy (non-hydrogen) atoms. The zero-order valence-electron chi connectivity index (χ0n) is 11.3. The molecule has 0 aromatic carbocycles. The van der Waals surface area contributed by atoms with Gasteiger partial charge < -0.3 is 15.6 Å². The van der Waals surface area contributed by atoms with E-state index >= 15 is 0 Å². The summed E-state index contributed by atoms with van der Waals surface area (Å²) in [5.74, 6) is 0. The smallest absolute Gasteiger partial charge is 0.0933 e. The number of hydrogen-bond acceptors (Lipinski definition) is 5. The Bertz CT molecular complexity index is 413. The van der Waals surface area contributed by atoms with E-state index in [0.29, 0.717) is 13.2 Å². The maximum absolute atomic E-state index is 9.29. The molecule has 0 amide bonds. The van der Waals surface area contributed by atoms with Crippen LogP contribution in [0.25, 0.3) is 0 Å². The lowest BCUT2D eigenvalue weighted by Gasteiger charge is -2.43. The number of ether oxygens (including phenoxy) is 1. The third-order valence-corrected chi connectivity index (χ3v) is 4.80. The van der Waals surface area contributed by atoms with Crippen molar-refractivity contribution in [2.75, 3.05) is 19.8 Å². The number of rotatable bonds is 4. The number of aliphatic hydroxyl groups is 1. The molecule has 4 atom stereocenters. The van der Waals surface area contributed by atoms with E-state index in [0.717, 1.165) is 4.34 Å². The monoisotopic (exact) mass is 304 g/mol. The maximum atomic E-state index is 9.29. The molecule has 108 valence electrons. The molecule has 4 nitrogen and oxygen atoms in total. The van der Waals surface area contributed by atoms with Gasteiger partial charge in [0.2, 0.25) is 0 Å².